The second-order valence-electron chi connectivity index (χ2n) is 8.49. The average molecular weight is 483 g/mol. The summed E-state index contributed by atoms with van der Waals surface area (Å²) in [5, 5.41) is 18.9. The average Bonchev–Trinajstić information content (AvgIpc) is 3.42. The normalized spacial score (nSPS) is 13.1. The van der Waals surface area contributed by atoms with Crippen molar-refractivity contribution in [1.82, 2.24) is 9.78 Å². The van der Waals surface area contributed by atoms with Crippen LogP contribution in [0.4, 0.5) is 0 Å². The lowest BCUT2D eigenvalue weighted by atomic mass is 9.97. The SMILES string of the molecule is Cc1ccccc1C(OCC(O)Cn1nc(-c2cccs2)c2ccccc2c1=O)c1ccccc1. The van der Waals surface area contributed by atoms with E-state index in [1.54, 1.807) is 17.4 Å². The van der Waals surface area contributed by atoms with Gasteiger partial charge in [0.2, 0.25) is 0 Å². The van der Waals surface area contributed by atoms with Gasteiger partial charge in [0.15, 0.2) is 0 Å². The summed E-state index contributed by atoms with van der Waals surface area (Å²) in [7, 11) is 0. The second-order valence-corrected chi connectivity index (χ2v) is 9.44. The zero-order valence-corrected chi connectivity index (χ0v) is 20.2. The van der Waals surface area contributed by atoms with Gasteiger partial charge in [-0.15, -0.1) is 11.3 Å². The van der Waals surface area contributed by atoms with E-state index in [9.17, 15) is 9.90 Å². The predicted octanol–water partition coefficient (Wildman–Crippen LogP) is 5.60. The molecule has 6 heteroatoms. The monoisotopic (exact) mass is 482 g/mol. The zero-order valence-electron chi connectivity index (χ0n) is 19.4. The third-order valence-corrected chi connectivity index (χ3v) is 6.91. The predicted molar refractivity (Wildman–Crippen MR) is 141 cm³/mol. The molecular formula is C29H26N2O3S. The summed E-state index contributed by atoms with van der Waals surface area (Å²) in [6.07, 6.45) is -1.23. The minimum absolute atomic E-state index is 0.0390. The van der Waals surface area contributed by atoms with E-state index in [0.717, 1.165) is 32.6 Å². The van der Waals surface area contributed by atoms with Gasteiger partial charge in [-0.1, -0.05) is 78.9 Å². The fourth-order valence-corrected chi connectivity index (χ4v) is 5.01. The zero-order chi connectivity index (χ0) is 24.2. The van der Waals surface area contributed by atoms with Crippen LogP contribution in [0.2, 0.25) is 0 Å². The van der Waals surface area contributed by atoms with Crippen LogP contribution in [0.1, 0.15) is 22.8 Å². The van der Waals surface area contributed by atoms with Gasteiger partial charge in [0.1, 0.15) is 11.8 Å². The van der Waals surface area contributed by atoms with Crippen LogP contribution >= 0.6 is 11.3 Å². The lowest BCUT2D eigenvalue weighted by Gasteiger charge is -2.23. The van der Waals surface area contributed by atoms with Crippen molar-refractivity contribution >= 4 is 22.1 Å². The van der Waals surface area contributed by atoms with E-state index in [4.69, 9.17) is 4.74 Å². The van der Waals surface area contributed by atoms with Crippen LogP contribution in [0, 0.1) is 6.92 Å². The summed E-state index contributed by atoms with van der Waals surface area (Å²) >= 11 is 1.57. The Hall–Kier alpha value is -3.58. The van der Waals surface area contributed by atoms with E-state index in [1.165, 1.54) is 4.68 Å². The van der Waals surface area contributed by atoms with Crippen molar-refractivity contribution < 1.29 is 9.84 Å². The first-order chi connectivity index (χ1) is 17.1. The molecule has 0 saturated carbocycles. The lowest BCUT2D eigenvalue weighted by Crippen LogP contribution is -2.32. The van der Waals surface area contributed by atoms with Gasteiger partial charge in [-0.05, 0) is 41.1 Å². The van der Waals surface area contributed by atoms with Crippen molar-refractivity contribution in [3.05, 3.63) is 123 Å². The first kappa shape index (κ1) is 23.2. The minimum atomic E-state index is -0.909. The highest BCUT2D eigenvalue weighted by molar-refractivity contribution is 7.13. The van der Waals surface area contributed by atoms with E-state index in [-0.39, 0.29) is 24.8 Å². The Balaban J connectivity index is 1.41. The molecule has 2 atom stereocenters. The van der Waals surface area contributed by atoms with Gasteiger partial charge in [0.25, 0.3) is 5.56 Å². The maximum atomic E-state index is 13.2. The van der Waals surface area contributed by atoms with Crippen LogP contribution in [0.3, 0.4) is 0 Å². The Kier molecular flexibility index (Phi) is 6.86. The number of thiophene rings is 1. The summed E-state index contributed by atoms with van der Waals surface area (Å²) in [5.74, 6) is 0. The molecule has 2 aromatic heterocycles. The molecule has 5 aromatic rings. The highest BCUT2D eigenvalue weighted by atomic mass is 32.1. The van der Waals surface area contributed by atoms with Crippen LogP contribution < -0.4 is 5.56 Å². The van der Waals surface area contributed by atoms with E-state index >= 15 is 0 Å². The lowest BCUT2D eigenvalue weighted by molar-refractivity contribution is -0.00254. The Labute approximate surface area is 207 Å². The van der Waals surface area contributed by atoms with Crippen LogP contribution in [-0.4, -0.2) is 27.6 Å². The number of aromatic nitrogens is 2. The first-order valence-electron chi connectivity index (χ1n) is 11.6. The van der Waals surface area contributed by atoms with E-state index in [1.807, 2.05) is 84.2 Å². The quantitative estimate of drug-likeness (QED) is 0.313. The fourth-order valence-electron chi connectivity index (χ4n) is 4.29. The smallest absolute Gasteiger partial charge is 0.274 e. The van der Waals surface area contributed by atoms with Crippen molar-refractivity contribution in [3.63, 3.8) is 0 Å². The van der Waals surface area contributed by atoms with Gasteiger partial charge >= 0.3 is 0 Å². The number of hydrogen-bond donors (Lipinski definition) is 1. The number of rotatable bonds is 8. The Morgan fingerprint density at radius 2 is 1.63 bits per heavy atom. The van der Waals surface area contributed by atoms with Crippen LogP contribution in [-0.2, 0) is 11.3 Å². The van der Waals surface area contributed by atoms with Crippen molar-refractivity contribution in [1.29, 1.82) is 0 Å². The molecule has 0 amide bonds. The molecule has 0 saturated heterocycles. The Morgan fingerprint density at radius 1 is 0.914 bits per heavy atom. The van der Waals surface area contributed by atoms with Crippen LogP contribution in [0.15, 0.2) is 101 Å². The number of aryl methyl sites for hydroxylation is 1. The minimum Gasteiger partial charge on any atom is -0.389 e. The molecule has 3 aromatic carbocycles. The molecular weight excluding hydrogens is 456 g/mol. The number of aliphatic hydroxyl groups excluding tert-OH is 1. The summed E-state index contributed by atoms with van der Waals surface area (Å²) in [5.41, 5.74) is 3.69. The van der Waals surface area contributed by atoms with Gasteiger partial charge in [-0.2, -0.15) is 5.10 Å². The van der Waals surface area contributed by atoms with E-state index in [0.29, 0.717) is 5.39 Å². The number of nitrogens with zero attached hydrogens (tertiary/aromatic N) is 2. The standard InChI is InChI=1S/C29H26N2O3S/c1-20-10-5-6-13-23(20)28(21-11-3-2-4-12-21)34-19-22(32)18-31-29(33)25-15-8-7-14-24(25)27(30-31)26-16-9-17-35-26/h2-17,22,28,32H,18-19H2,1H3. The molecule has 5 nitrogen and oxygen atoms in total. The second kappa shape index (κ2) is 10.4. The molecule has 0 bridgehead atoms. The molecule has 0 aliphatic heterocycles. The summed E-state index contributed by atoms with van der Waals surface area (Å²) < 4.78 is 7.63. The maximum absolute atomic E-state index is 13.2. The van der Waals surface area contributed by atoms with Crippen molar-refractivity contribution in [2.75, 3.05) is 6.61 Å². The first-order valence-corrected chi connectivity index (χ1v) is 12.4. The molecule has 0 radical (unpaired) electrons. The summed E-state index contributed by atoms with van der Waals surface area (Å²) in [6.45, 7) is 2.15. The fraction of sp³-hybridized carbons (Fsp3) is 0.172. The van der Waals surface area contributed by atoms with Gasteiger partial charge in [0, 0.05) is 5.39 Å². The largest absolute Gasteiger partial charge is 0.389 e. The third-order valence-electron chi connectivity index (χ3n) is 6.03. The number of fused-ring (bicyclic) bond motifs is 1. The molecule has 0 aliphatic carbocycles. The molecule has 0 aliphatic rings. The summed E-state index contributed by atoms with van der Waals surface area (Å²) in [6, 6.07) is 29.5. The number of aliphatic hydroxyl groups is 1. The highest BCUT2D eigenvalue weighted by Gasteiger charge is 2.20. The molecule has 2 heterocycles. The van der Waals surface area contributed by atoms with E-state index in [2.05, 4.69) is 18.1 Å². The number of hydrogen-bond acceptors (Lipinski definition) is 5. The maximum Gasteiger partial charge on any atom is 0.274 e. The molecule has 2 unspecified atom stereocenters. The van der Waals surface area contributed by atoms with Gasteiger partial charge in [-0.25, -0.2) is 4.68 Å². The number of benzene rings is 3. The topological polar surface area (TPSA) is 64.3 Å². The third kappa shape index (κ3) is 4.95. The molecule has 35 heavy (non-hydrogen) atoms. The van der Waals surface area contributed by atoms with Crippen LogP contribution in [0.5, 0.6) is 0 Å². The number of ether oxygens (including phenoxy) is 1. The van der Waals surface area contributed by atoms with Gasteiger partial charge in [0.05, 0.1) is 29.5 Å². The highest BCUT2D eigenvalue weighted by Crippen LogP contribution is 2.30. The Morgan fingerprint density at radius 3 is 2.37 bits per heavy atom. The van der Waals surface area contributed by atoms with Gasteiger partial charge in [-0.3, -0.25) is 4.79 Å². The summed E-state index contributed by atoms with van der Waals surface area (Å²) in [4.78, 5) is 14.1. The van der Waals surface area contributed by atoms with Crippen molar-refractivity contribution in [2.45, 2.75) is 25.7 Å². The molecule has 0 fully saturated rings. The van der Waals surface area contributed by atoms with Crippen LogP contribution in [0.25, 0.3) is 21.3 Å². The van der Waals surface area contributed by atoms with Gasteiger partial charge < -0.3 is 9.84 Å². The molecule has 176 valence electrons. The van der Waals surface area contributed by atoms with Crippen molar-refractivity contribution in [3.8, 4) is 10.6 Å². The molecule has 1 N–H and O–H groups in total. The molecule has 5 rings (SSSR count). The van der Waals surface area contributed by atoms with Crippen molar-refractivity contribution in [2.24, 2.45) is 0 Å². The van der Waals surface area contributed by atoms with E-state index < -0.39 is 6.10 Å². The Bertz CT molecular complexity index is 1480. The molecule has 0 spiro atoms.